The van der Waals surface area contributed by atoms with Gasteiger partial charge in [0.1, 0.15) is 6.04 Å². The Morgan fingerprint density at radius 3 is 1.91 bits per heavy atom. The number of amides is 2. The highest BCUT2D eigenvalue weighted by atomic mass is 16.4. The van der Waals surface area contributed by atoms with Gasteiger partial charge in [0.2, 0.25) is 11.8 Å². The number of carbonyl (C=O) groups excluding carboxylic acids is 2. The minimum Gasteiger partial charge on any atom is -0.481 e. The third-order valence-electron chi connectivity index (χ3n) is 2.77. The summed E-state index contributed by atoms with van der Waals surface area (Å²) in [5, 5.41) is 21.7. The third-order valence-corrected chi connectivity index (χ3v) is 2.77. The largest absolute Gasteiger partial charge is 0.481 e. The zero-order chi connectivity index (χ0) is 18.3. The van der Waals surface area contributed by atoms with Gasteiger partial charge in [-0.1, -0.05) is 27.2 Å². The van der Waals surface area contributed by atoms with Crippen LogP contribution < -0.4 is 10.6 Å². The van der Waals surface area contributed by atoms with Crippen molar-refractivity contribution in [1.29, 1.82) is 0 Å². The van der Waals surface area contributed by atoms with Crippen LogP contribution in [-0.2, 0) is 19.2 Å². The Balaban J connectivity index is 0. The first-order chi connectivity index (χ1) is 10.8. The van der Waals surface area contributed by atoms with Crippen LogP contribution in [0.2, 0.25) is 0 Å². The molecule has 0 aliphatic heterocycles. The molecule has 0 aromatic rings. The Kier molecular flexibility index (Phi) is 14.9. The van der Waals surface area contributed by atoms with Crippen LogP contribution in [0.5, 0.6) is 0 Å². The molecule has 0 rings (SSSR count). The summed E-state index contributed by atoms with van der Waals surface area (Å²) in [4.78, 5) is 42.7. The molecule has 0 spiro atoms. The molecule has 0 heterocycles. The third kappa shape index (κ3) is 16.1. The van der Waals surface area contributed by atoms with Crippen LogP contribution in [0, 0.1) is 0 Å². The van der Waals surface area contributed by atoms with Crippen molar-refractivity contribution in [3.05, 3.63) is 0 Å². The number of carbonyl (C=O) groups is 4. The minimum atomic E-state index is -1.11. The minimum absolute atomic E-state index is 0.102. The summed E-state index contributed by atoms with van der Waals surface area (Å²) < 4.78 is 0. The first kappa shape index (κ1) is 23.2. The van der Waals surface area contributed by atoms with Crippen molar-refractivity contribution in [3.8, 4) is 0 Å². The summed E-state index contributed by atoms with van der Waals surface area (Å²) in [5.74, 6) is -2.36. The lowest BCUT2D eigenvalue weighted by Crippen LogP contribution is -2.41. The van der Waals surface area contributed by atoms with Gasteiger partial charge in [0.15, 0.2) is 0 Å². The van der Waals surface area contributed by atoms with E-state index in [0.29, 0.717) is 6.54 Å². The predicted molar refractivity (Wildman–Crippen MR) is 84.9 cm³/mol. The molecule has 23 heavy (non-hydrogen) atoms. The first-order valence-corrected chi connectivity index (χ1v) is 7.78. The number of rotatable bonds is 10. The molecule has 1 atom stereocenters. The number of unbranched alkanes of at least 4 members (excludes halogenated alkanes) is 1. The molecule has 8 nitrogen and oxygen atoms in total. The van der Waals surface area contributed by atoms with Crippen molar-refractivity contribution < 1.29 is 29.4 Å². The monoisotopic (exact) mass is 332 g/mol. The zero-order valence-corrected chi connectivity index (χ0v) is 14.1. The maximum Gasteiger partial charge on any atom is 0.326 e. The quantitative estimate of drug-likeness (QED) is 0.443. The van der Waals surface area contributed by atoms with Crippen LogP contribution in [-0.4, -0.2) is 46.6 Å². The Morgan fingerprint density at radius 2 is 1.52 bits per heavy atom. The van der Waals surface area contributed by atoms with E-state index in [0.717, 1.165) is 12.8 Å². The van der Waals surface area contributed by atoms with Crippen molar-refractivity contribution in [2.45, 2.75) is 65.3 Å². The second-order valence-electron chi connectivity index (χ2n) is 4.80. The van der Waals surface area contributed by atoms with Gasteiger partial charge in [-0.15, -0.1) is 0 Å². The number of nitrogens with one attached hydrogen (secondary N) is 2. The molecule has 8 heteroatoms. The molecular formula is C15H28N2O6. The summed E-state index contributed by atoms with van der Waals surface area (Å²) in [5.41, 5.74) is 0. The summed E-state index contributed by atoms with van der Waals surface area (Å²) in [6.07, 6.45) is 2.56. The summed E-state index contributed by atoms with van der Waals surface area (Å²) in [7, 11) is 0. The van der Waals surface area contributed by atoms with Gasteiger partial charge in [0.05, 0.1) is 0 Å². The lowest BCUT2D eigenvalue weighted by Gasteiger charge is -2.13. The van der Waals surface area contributed by atoms with Gasteiger partial charge >= 0.3 is 11.9 Å². The van der Waals surface area contributed by atoms with E-state index < -0.39 is 18.0 Å². The Bertz CT molecular complexity index is 384. The predicted octanol–water partition coefficient (Wildman–Crippen LogP) is 1.14. The second-order valence-corrected chi connectivity index (χ2v) is 4.80. The number of hydrogen-bond donors (Lipinski definition) is 4. The van der Waals surface area contributed by atoms with Crippen molar-refractivity contribution >= 4 is 23.8 Å². The average molecular weight is 332 g/mol. The summed E-state index contributed by atoms with van der Waals surface area (Å²) >= 11 is 0. The van der Waals surface area contributed by atoms with Gasteiger partial charge < -0.3 is 20.8 Å². The van der Waals surface area contributed by atoms with E-state index in [-0.39, 0.29) is 37.5 Å². The highest BCUT2D eigenvalue weighted by Gasteiger charge is 2.19. The fraction of sp³-hybridized carbons (Fsp3) is 0.733. The van der Waals surface area contributed by atoms with Gasteiger partial charge in [0.25, 0.3) is 0 Å². The molecule has 134 valence electrons. The molecule has 0 aliphatic carbocycles. The SMILES string of the molecule is CCC(=O)O.CCCCNC(=O)CC[C@H](NC(=O)CC)C(=O)O. The normalized spacial score (nSPS) is 10.7. The summed E-state index contributed by atoms with van der Waals surface area (Å²) in [6.45, 7) is 5.87. The van der Waals surface area contributed by atoms with Gasteiger partial charge in [-0.3, -0.25) is 14.4 Å². The molecule has 0 fully saturated rings. The molecule has 0 aliphatic rings. The summed E-state index contributed by atoms with van der Waals surface area (Å²) in [6, 6.07) is -0.991. The van der Waals surface area contributed by atoms with E-state index in [1.807, 2.05) is 6.92 Å². The lowest BCUT2D eigenvalue weighted by atomic mass is 10.1. The number of aliphatic carboxylic acids is 2. The van der Waals surface area contributed by atoms with Crippen molar-refractivity contribution in [2.75, 3.05) is 6.54 Å². The van der Waals surface area contributed by atoms with Crippen LogP contribution in [0.1, 0.15) is 59.3 Å². The first-order valence-electron chi connectivity index (χ1n) is 7.78. The maximum atomic E-state index is 11.4. The second kappa shape index (κ2) is 14.8. The van der Waals surface area contributed by atoms with Crippen molar-refractivity contribution in [3.63, 3.8) is 0 Å². The van der Waals surface area contributed by atoms with Crippen LogP contribution in [0.15, 0.2) is 0 Å². The van der Waals surface area contributed by atoms with Gasteiger partial charge in [0, 0.05) is 25.8 Å². The van der Waals surface area contributed by atoms with Gasteiger partial charge in [-0.2, -0.15) is 0 Å². The van der Waals surface area contributed by atoms with E-state index in [2.05, 4.69) is 10.6 Å². The van der Waals surface area contributed by atoms with E-state index in [9.17, 15) is 19.2 Å². The highest BCUT2D eigenvalue weighted by Crippen LogP contribution is 1.99. The van der Waals surface area contributed by atoms with E-state index in [4.69, 9.17) is 10.2 Å². The maximum absolute atomic E-state index is 11.4. The van der Waals surface area contributed by atoms with Crippen LogP contribution in [0.4, 0.5) is 0 Å². The molecular weight excluding hydrogens is 304 g/mol. The molecule has 0 bridgehead atoms. The Labute approximate surface area is 136 Å². The molecule has 0 saturated carbocycles. The average Bonchev–Trinajstić information content (AvgIpc) is 2.51. The van der Waals surface area contributed by atoms with Gasteiger partial charge in [-0.25, -0.2) is 4.79 Å². The molecule has 4 N–H and O–H groups in total. The topological polar surface area (TPSA) is 133 Å². The van der Waals surface area contributed by atoms with Crippen molar-refractivity contribution in [2.24, 2.45) is 0 Å². The molecule has 0 radical (unpaired) electrons. The molecule has 0 saturated heterocycles. The smallest absolute Gasteiger partial charge is 0.326 e. The van der Waals surface area contributed by atoms with Gasteiger partial charge in [-0.05, 0) is 12.8 Å². The van der Waals surface area contributed by atoms with Crippen LogP contribution in [0.25, 0.3) is 0 Å². The fourth-order valence-electron chi connectivity index (χ4n) is 1.32. The lowest BCUT2D eigenvalue weighted by molar-refractivity contribution is -0.142. The molecule has 0 aromatic heterocycles. The number of hydrogen-bond acceptors (Lipinski definition) is 4. The Morgan fingerprint density at radius 1 is 0.957 bits per heavy atom. The standard InChI is InChI=1S/C12H22N2O4.C3H6O2/c1-3-5-8-13-11(16)7-6-9(12(17)18)14-10(15)4-2;1-2-3(4)5/h9H,3-8H2,1-2H3,(H,13,16)(H,14,15)(H,17,18);2H2,1H3,(H,4,5)/t9-;/m0./s1. The molecule has 2 amide bonds. The van der Waals surface area contributed by atoms with Crippen LogP contribution in [0.3, 0.4) is 0 Å². The number of carboxylic acids is 2. The number of carboxylic acid groups (broad SMARTS) is 2. The molecule has 0 unspecified atom stereocenters. The van der Waals surface area contributed by atoms with E-state index in [1.54, 1.807) is 13.8 Å². The van der Waals surface area contributed by atoms with E-state index in [1.165, 1.54) is 0 Å². The Hall–Kier alpha value is -2.12. The fourth-order valence-corrected chi connectivity index (χ4v) is 1.32. The highest BCUT2D eigenvalue weighted by molar-refractivity contribution is 5.84. The van der Waals surface area contributed by atoms with Crippen LogP contribution >= 0.6 is 0 Å². The molecule has 0 aromatic carbocycles. The van der Waals surface area contributed by atoms with E-state index >= 15 is 0 Å². The van der Waals surface area contributed by atoms with Crippen molar-refractivity contribution in [1.82, 2.24) is 10.6 Å². The zero-order valence-electron chi connectivity index (χ0n) is 14.1.